The van der Waals surface area contributed by atoms with E-state index in [1.54, 1.807) is 5.57 Å². The molecule has 37 heavy (non-hydrogen) atoms. The Bertz CT molecular complexity index is 1280. The van der Waals surface area contributed by atoms with Crippen LogP contribution in [0.5, 0.6) is 0 Å². The molecule has 4 fully saturated rings. The van der Waals surface area contributed by atoms with Crippen molar-refractivity contribution < 1.29 is 4.74 Å². The van der Waals surface area contributed by atoms with Gasteiger partial charge in [0.25, 0.3) is 0 Å². The molecule has 1 N–H and O–H groups in total. The average molecular weight is 495 g/mol. The van der Waals surface area contributed by atoms with Crippen molar-refractivity contribution in [2.45, 2.75) is 82.5 Å². The minimum absolute atomic E-state index is 0.261. The monoisotopic (exact) mass is 494 g/mol. The highest BCUT2D eigenvalue weighted by Crippen LogP contribution is 2.75. The molecule has 6 unspecified atom stereocenters. The van der Waals surface area contributed by atoms with Crippen LogP contribution in [0.2, 0.25) is 0 Å². The summed E-state index contributed by atoms with van der Waals surface area (Å²) in [6.45, 7) is 3.66. The summed E-state index contributed by atoms with van der Waals surface area (Å²) >= 11 is 0. The summed E-state index contributed by atoms with van der Waals surface area (Å²) in [6, 6.07) is 17.2. The molecule has 5 aliphatic carbocycles. The summed E-state index contributed by atoms with van der Waals surface area (Å²) in [5.41, 5.74) is 5.81. The van der Waals surface area contributed by atoms with Crippen molar-refractivity contribution in [3.05, 3.63) is 71.3 Å². The van der Waals surface area contributed by atoms with E-state index in [1.807, 2.05) is 12.7 Å². The van der Waals surface area contributed by atoms with Crippen LogP contribution in [0.1, 0.15) is 63.4 Å². The van der Waals surface area contributed by atoms with Crippen molar-refractivity contribution in [1.82, 2.24) is 10.2 Å². The Balaban J connectivity index is 1.13. The Morgan fingerprint density at radius 2 is 1.84 bits per heavy atom. The van der Waals surface area contributed by atoms with Crippen molar-refractivity contribution in [1.29, 1.82) is 0 Å². The van der Waals surface area contributed by atoms with Gasteiger partial charge in [-0.25, -0.2) is 0 Å². The normalized spacial score (nSPS) is 38.6. The number of ether oxygens (including phenoxy) is 1. The van der Waals surface area contributed by atoms with Crippen LogP contribution in [0, 0.1) is 22.7 Å². The van der Waals surface area contributed by atoms with Crippen molar-refractivity contribution in [3.8, 4) is 0 Å². The predicted molar refractivity (Wildman–Crippen MR) is 150 cm³/mol. The van der Waals surface area contributed by atoms with Crippen LogP contribution in [0.4, 0.5) is 0 Å². The zero-order valence-corrected chi connectivity index (χ0v) is 22.4. The van der Waals surface area contributed by atoms with Crippen LogP contribution in [0.25, 0.3) is 10.8 Å². The molecule has 3 saturated carbocycles. The van der Waals surface area contributed by atoms with Gasteiger partial charge in [-0.15, -0.1) is 0 Å². The molecule has 194 valence electrons. The summed E-state index contributed by atoms with van der Waals surface area (Å²) in [6.07, 6.45) is 17.4. The predicted octanol–water partition coefficient (Wildman–Crippen LogP) is 6.63. The maximum atomic E-state index is 5.95. The minimum Gasteiger partial charge on any atom is -0.377 e. The lowest BCUT2D eigenvalue weighted by Crippen LogP contribution is -2.68. The van der Waals surface area contributed by atoms with Crippen LogP contribution in [0.15, 0.2) is 65.8 Å². The molecule has 1 aliphatic heterocycles. The molecule has 2 aromatic carbocycles. The van der Waals surface area contributed by atoms with Gasteiger partial charge in [0.2, 0.25) is 0 Å². The average Bonchev–Trinajstić information content (AvgIpc) is 3.72. The van der Waals surface area contributed by atoms with Gasteiger partial charge in [-0.05, 0) is 110 Å². The zero-order valence-electron chi connectivity index (χ0n) is 22.4. The highest BCUT2D eigenvalue weighted by molar-refractivity contribution is 5.82. The second kappa shape index (κ2) is 8.53. The van der Waals surface area contributed by atoms with Crippen LogP contribution < -0.4 is 5.32 Å². The van der Waals surface area contributed by atoms with Gasteiger partial charge in [0.1, 0.15) is 0 Å². The van der Waals surface area contributed by atoms with Gasteiger partial charge in [0.05, 0.1) is 6.10 Å². The SMILES string of the molecule is COC1C=CC2=C(C1)C13CCN(CC4CC4)C(C2)C12CCC(NCc1ccc4ccccc4c1)C3CC2. The third kappa shape index (κ3) is 3.36. The summed E-state index contributed by atoms with van der Waals surface area (Å²) in [4.78, 5) is 2.99. The van der Waals surface area contributed by atoms with Gasteiger partial charge in [0.15, 0.2) is 0 Å². The summed E-state index contributed by atoms with van der Waals surface area (Å²) in [5, 5.41) is 6.84. The molecule has 0 aromatic heterocycles. The first-order chi connectivity index (χ1) is 18.2. The van der Waals surface area contributed by atoms with E-state index >= 15 is 0 Å². The van der Waals surface area contributed by atoms with Crippen LogP contribution in [0.3, 0.4) is 0 Å². The third-order valence-electron chi connectivity index (χ3n) is 11.8. The Morgan fingerprint density at radius 3 is 2.70 bits per heavy atom. The van der Waals surface area contributed by atoms with Crippen molar-refractivity contribution in [2.24, 2.45) is 22.7 Å². The molecule has 3 heteroatoms. The van der Waals surface area contributed by atoms with Gasteiger partial charge in [0, 0.05) is 37.7 Å². The number of hydrogen-bond acceptors (Lipinski definition) is 3. The van der Waals surface area contributed by atoms with E-state index in [9.17, 15) is 0 Å². The topological polar surface area (TPSA) is 24.5 Å². The number of allylic oxidation sites excluding steroid dienone is 1. The molecule has 4 bridgehead atoms. The molecule has 0 radical (unpaired) electrons. The van der Waals surface area contributed by atoms with E-state index in [1.165, 1.54) is 80.8 Å². The zero-order chi connectivity index (χ0) is 24.6. The quantitative estimate of drug-likeness (QED) is 0.488. The first-order valence-corrected chi connectivity index (χ1v) is 15.1. The number of benzene rings is 2. The van der Waals surface area contributed by atoms with Gasteiger partial charge in [-0.2, -0.15) is 0 Å². The molecule has 3 nitrogen and oxygen atoms in total. The largest absolute Gasteiger partial charge is 0.377 e. The number of fused-ring (bicyclic) bond motifs is 1. The number of piperidine rings is 1. The smallest absolute Gasteiger partial charge is 0.0792 e. The molecule has 2 aromatic rings. The Hall–Kier alpha value is -1.94. The number of methoxy groups -OCH3 is 1. The summed E-state index contributed by atoms with van der Waals surface area (Å²) < 4.78 is 5.95. The fourth-order valence-corrected chi connectivity index (χ4v) is 10.1. The van der Waals surface area contributed by atoms with Crippen molar-refractivity contribution >= 4 is 10.8 Å². The minimum atomic E-state index is 0.261. The van der Waals surface area contributed by atoms with Crippen LogP contribution in [-0.4, -0.2) is 43.3 Å². The highest BCUT2D eigenvalue weighted by Gasteiger charge is 2.71. The second-order valence-electron chi connectivity index (χ2n) is 13.2. The standard InChI is InChI=1S/C34H42N2O/c1-37-28-11-10-27-19-32-33-14-12-29(34(33,30(27)20-28)16-17-36(32)22-23-6-7-23)31(13-15-33)35-21-24-8-9-25-4-2-3-5-26(25)18-24/h2-5,8-11,18,23,28-29,31-32,35H,6-7,12-17,19-22H2,1H3. The number of rotatable bonds is 6. The molecule has 6 atom stereocenters. The fraction of sp³-hybridized carbons (Fsp3) is 0.588. The highest BCUT2D eigenvalue weighted by atomic mass is 16.5. The third-order valence-corrected chi connectivity index (χ3v) is 11.8. The lowest BCUT2D eigenvalue weighted by molar-refractivity contribution is -0.124. The first kappa shape index (κ1) is 23.0. The van der Waals surface area contributed by atoms with E-state index in [0.717, 1.165) is 30.8 Å². The lowest BCUT2D eigenvalue weighted by atomic mass is 9.42. The Morgan fingerprint density at radius 1 is 0.973 bits per heavy atom. The van der Waals surface area contributed by atoms with E-state index < -0.39 is 0 Å². The molecule has 8 rings (SSSR count). The van der Waals surface area contributed by atoms with Gasteiger partial charge >= 0.3 is 0 Å². The van der Waals surface area contributed by atoms with E-state index in [-0.39, 0.29) is 6.10 Å². The van der Waals surface area contributed by atoms with Gasteiger partial charge in [-0.1, -0.05) is 54.1 Å². The number of nitrogens with one attached hydrogen (secondary N) is 1. The molecule has 6 aliphatic rings. The van der Waals surface area contributed by atoms with Gasteiger partial charge < -0.3 is 10.1 Å². The summed E-state index contributed by atoms with van der Waals surface area (Å²) in [7, 11) is 1.90. The summed E-state index contributed by atoms with van der Waals surface area (Å²) in [5.74, 6) is 1.75. The lowest BCUT2D eigenvalue weighted by Gasteiger charge is -2.67. The molecular formula is C34H42N2O. The van der Waals surface area contributed by atoms with Gasteiger partial charge in [-0.3, -0.25) is 4.90 Å². The first-order valence-electron chi connectivity index (χ1n) is 15.1. The maximum absolute atomic E-state index is 5.95. The Labute approximate surface area is 222 Å². The van der Waals surface area contributed by atoms with E-state index in [2.05, 4.69) is 64.8 Å². The molecule has 0 amide bonds. The van der Waals surface area contributed by atoms with E-state index in [0.29, 0.717) is 16.9 Å². The number of hydrogen-bond donors (Lipinski definition) is 1. The van der Waals surface area contributed by atoms with E-state index in [4.69, 9.17) is 4.74 Å². The fourth-order valence-electron chi connectivity index (χ4n) is 10.1. The molecular weight excluding hydrogens is 452 g/mol. The number of nitrogens with zero attached hydrogens (tertiary/aromatic N) is 1. The second-order valence-corrected chi connectivity index (χ2v) is 13.2. The van der Waals surface area contributed by atoms with Crippen molar-refractivity contribution in [3.63, 3.8) is 0 Å². The van der Waals surface area contributed by atoms with Crippen LogP contribution >= 0.6 is 0 Å². The molecule has 1 saturated heterocycles. The Kier molecular flexibility index (Phi) is 5.30. The number of likely N-dealkylation sites (tertiary alicyclic amines) is 1. The maximum Gasteiger partial charge on any atom is 0.0792 e. The van der Waals surface area contributed by atoms with Crippen molar-refractivity contribution in [2.75, 3.05) is 20.2 Å². The molecule has 1 heterocycles. The van der Waals surface area contributed by atoms with Crippen LogP contribution in [-0.2, 0) is 11.3 Å². The molecule has 0 spiro atoms.